The van der Waals surface area contributed by atoms with Gasteiger partial charge in [0.15, 0.2) is 6.10 Å². The van der Waals surface area contributed by atoms with Crippen molar-refractivity contribution in [1.29, 1.82) is 5.26 Å². The van der Waals surface area contributed by atoms with Gasteiger partial charge in [0.25, 0.3) is 0 Å². The van der Waals surface area contributed by atoms with Gasteiger partial charge in [0.05, 0.1) is 6.07 Å². The summed E-state index contributed by atoms with van der Waals surface area (Å²) in [6.45, 7) is 0. The van der Waals surface area contributed by atoms with Crippen LogP contribution in [0.15, 0.2) is 0 Å². The molecule has 1 unspecified atom stereocenters. The Labute approximate surface area is 58.7 Å². The van der Waals surface area contributed by atoms with Gasteiger partial charge in [-0.25, -0.2) is 4.79 Å². The van der Waals surface area contributed by atoms with Crippen molar-refractivity contribution in [1.82, 2.24) is 0 Å². The maximum atomic E-state index is 9.96. The van der Waals surface area contributed by atoms with E-state index in [4.69, 9.17) is 15.5 Å². The van der Waals surface area contributed by atoms with Crippen molar-refractivity contribution < 1.29 is 15.0 Å². The van der Waals surface area contributed by atoms with Gasteiger partial charge in [-0.3, -0.25) is 0 Å². The molecule has 0 aliphatic heterocycles. The first kappa shape index (κ1) is 8.92. The molecule has 0 aromatic rings. The lowest BCUT2D eigenvalue weighted by molar-refractivity contribution is -0.146. The van der Waals surface area contributed by atoms with Gasteiger partial charge < -0.3 is 10.2 Å². The molecular formula is C6H9NO3. The van der Waals surface area contributed by atoms with Crippen LogP contribution in [0.5, 0.6) is 0 Å². The van der Waals surface area contributed by atoms with Gasteiger partial charge in [-0.15, -0.1) is 0 Å². The third kappa shape index (κ3) is 3.87. The number of nitrogens with zero attached hydrogens (tertiary/aromatic N) is 1. The number of hydrogen-bond acceptors (Lipinski definition) is 3. The summed E-state index contributed by atoms with van der Waals surface area (Å²) in [7, 11) is 0. The minimum absolute atomic E-state index is 0.156. The Bertz CT molecular complexity index is 150. The molecular weight excluding hydrogens is 134 g/mol. The normalized spacial score (nSPS) is 12.0. The topological polar surface area (TPSA) is 81.3 Å². The third-order valence-electron chi connectivity index (χ3n) is 1.05. The van der Waals surface area contributed by atoms with Gasteiger partial charge in [-0.2, -0.15) is 5.26 Å². The standard InChI is InChI=1S/C6H9NO3/c7-4-2-1-3-5(8)6(9)10/h5,8H,1-3H2,(H,9,10). The highest BCUT2D eigenvalue weighted by atomic mass is 16.4. The predicted molar refractivity (Wildman–Crippen MR) is 33.1 cm³/mol. The Morgan fingerprint density at radius 2 is 2.30 bits per heavy atom. The summed E-state index contributed by atoms with van der Waals surface area (Å²) < 4.78 is 0. The monoisotopic (exact) mass is 143 g/mol. The summed E-state index contributed by atoms with van der Waals surface area (Å²) in [6, 6.07) is 1.86. The lowest BCUT2D eigenvalue weighted by atomic mass is 10.2. The molecule has 0 saturated carbocycles. The molecule has 4 heteroatoms. The fourth-order valence-electron chi connectivity index (χ4n) is 0.498. The van der Waals surface area contributed by atoms with E-state index in [0.29, 0.717) is 12.8 Å². The molecule has 0 aromatic carbocycles. The van der Waals surface area contributed by atoms with E-state index in [9.17, 15) is 4.79 Å². The zero-order valence-corrected chi connectivity index (χ0v) is 5.45. The number of aliphatic carboxylic acids is 1. The smallest absolute Gasteiger partial charge is 0.332 e. The molecule has 0 spiro atoms. The molecule has 2 N–H and O–H groups in total. The van der Waals surface area contributed by atoms with Crippen molar-refractivity contribution >= 4 is 5.97 Å². The Balaban J connectivity index is 3.32. The van der Waals surface area contributed by atoms with E-state index in [2.05, 4.69) is 0 Å². The molecule has 0 fully saturated rings. The van der Waals surface area contributed by atoms with Crippen molar-refractivity contribution in [3.63, 3.8) is 0 Å². The number of nitriles is 1. The molecule has 56 valence electrons. The molecule has 10 heavy (non-hydrogen) atoms. The van der Waals surface area contributed by atoms with Crippen LogP contribution in [0.25, 0.3) is 0 Å². The van der Waals surface area contributed by atoms with Gasteiger partial charge >= 0.3 is 5.97 Å². The number of carboxylic acids is 1. The van der Waals surface area contributed by atoms with E-state index in [1.165, 1.54) is 0 Å². The number of aliphatic hydroxyl groups is 1. The minimum atomic E-state index is -1.31. The predicted octanol–water partition coefficient (Wildman–Crippen LogP) is 0.126. The largest absolute Gasteiger partial charge is 0.479 e. The van der Waals surface area contributed by atoms with Gasteiger partial charge in [0.2, 0.25) is 0 Å². The summed E-state index contributed by atoms with van der Waals surface area (Å²) in [5.74, 6) is -1.22. The number of hydrogen-bond donors (Lipinski definition) is 2. The minimum Gasteiger partial charge on any atom is -0.479 e. The van der Waals surface area contributed by atoms with Crippen LogP contribution in [0.3, 0.4) is 0 Å². The van der Waals surface area contributed by atoms with Crippen molar-refractivity contribution in [3.8, 4) is 6.07 Å². The Hall–Kier alpha value is -1.08. The van der Waals surface area contributed by atoms with Gasteiger partial charge in [0.1, 0.15) is 0 Å². The zero-order chi connectivity index (χ0) is 7.98. The van der Waals surface area contributed by atoms with E-state index < -0.39 is 12.1 Å². The first-order chi connectivity index (χ1) is 4.68. The maximum absolute atomic E-state index is 9.96. The molecule has 0 rings (SSSR count). The van der Waals surface area contributed by atoms with Crippen molar-refractivity contribution in [2.75, 3.05) is 0 Å². The van der Waals surface area contributed by atoms with Gasteiger partial charge in [-0.05, 0) is 12.8 Å². The fourth-order valence-corrected chi connectivity index (χ4v) is 0.498. The quantitative estimate of drug-likeness (QED) is 0.548. The second-order valence-corrected chi connectivity index (χ2v) is 1.90. The molecule has 0 amide bonds. The summed E-state index contributed by atoms with van der Waals surface area (Å²) in [5, 5.41) is 24.8. The van der Waals surface area contributed by atoms with E-state index in [1.54, 1.807) is 0 Å². The Kier molecular flexibility index (Phi) is 4.25. The van der Waals surface area contributed by atoms with E-state index in [1.807, 2.05) is 6.07 Å². The number of rotatable bonds is 4. The Morgan fingerprint density at radius 1 is 1.70 bits per heavy atom. The summed E-state index contributed by atoms with van der Waals surface area (Å²) in [5.41, 5.74) is 0. The average Bonchev–Trinajstić information content (AvgIpc) is 1.88. The highest BCUT2D eigenvalue weighted by Crippen LogP contribution is 1.99. The highest BCUT2D eigenvalue weighted by molar-refractivity contribution is 5.71. The van der Waals surface area contributed by atoms with Gasteiger partial charge in [0, 0.05) is 6.42 Å². The van der Waals surface area contributed by atoms with Crippen LogP contribution in [0.1, 0.15) is 19.3 Å². The van der Waals surface area contributed by atoms with E-state index >= 15 is 0 Å². The SMILES string of the molecule is N#CCCCC(O)C(=O)O. The number of aliphatic hydroxyl groups excluding tert-OH is 1. The van der Waals surface area contributed by atoms with E-state index in [-0.39, 0.29) is 6.42 Å². The third-order valence-corrected chi connectivity index (χ3v) is 1.05. The summed E-state index contributed by atoms with van der Waals surface area (Å²) in [4.78, 5) is 9.96. The summed E-state index contributed by atoms with van der Waals surface area (Å²) in [6.07, 6.45) is -0.426. The van der Waals surface area contributed by atoms with Crippen LogP contribution < -0.4 is 0 Å². The van der Waals surface area contributed by atoms with Crippen molar-refractivity contribution in [2.45, 2.75) is 25.4 Å². The first-order valence-electron chi connectivity index (χ1n) is 2.96. The molecule has 1 atom stereocenters. The van der Waals surface area contributed by atoms with Crippen LogP contribution in [0.2, 0.25) is 0 Å². The second-order valence-electron chi connectivity index (χ2n) is 1.90. The van der Waals surface area contributed by atoms with Gasteiger partial charge in [-0.1, -0.05) is 0 Å². The van der Waals surface area contributed by atoms with Crippen LogP contribution >= 0.6 is 0 Å². The van der Waals surface area contributed by atoms with Crippen LogP contribution in [0.4, 0.5) is 0 Å². The highest BCUT2D eigenvalue weighted by Gasteiger charge is 2.11. The van der Waals surface area contributed by atoms with Crippen LogP contribution in [-0.4, -0.2) is 22.3 Å². The lowest BCUT2D eigenvalue weighted by Crippen LogP contribution is -2.18. The Morgan fingerprint density at radius 3 is 2.70 bits per heavy atom. The molecule has 0 saturated heterocycles. The zero-order valence-electron chi connectivity index (χ0n) is 5.45. The molecule has 0 aromatic heterocycles. The first-order valence-corrected chi connectivity index (χ1v) is 2.96. The molecule has 0 bridgehead atoms. The number of unbranched alkanes of at least 4 members (excludes halogenated alkanes) is 1. The van der Waals surface area contributed by atoms with Crippen LogP contribution in [0, 0.1) is 11.3 Å². The van der Waals surface area contributed by atoms with Crippen LogP contribution in [-0.2, 0) is 4.79 Å². The van der Waals surface area contributed by atoms with E-state index in [0.717, 1.165) is 0 Å². The fraction of sp³-hybridized carbons (Fsp3) is 0.667. The van der Waals surface area contributed by atoms with Crippen molar-refractivity contribution in [2.24, 2.45) is 0 Å². The lowest BCUT2D eigenvalue weighted by Gasteiger charge is -2.00. The average molecular weight is 143 g/mol. The molecule has 0 heterocycles. The van der Waals surface area contributed by atoms with Crippen molar-refractivity contribution in [3.05, 3.63) is 0 Å². The molecule has 0 aliphatic carbocycles. The number of carbonyl (C=O) groups is 1. The molecule has 4 nitrogen and oxygen atoms in total. The number of carboxylic acid groups (broad SMARTS) is 1. The summed E-state index contributed by atoms with van der Waals surface area (Å²) >= 11 is 0. The molecule has 0 radical (unpaired) electrons. The maximum Gasteiger partial charge on any atom is 0.332 e. The second kappa shape index (κ2) is 4.77. The molecule has 0 aliphatic rings.